The second-order valence-electron chi connectivity index (χ2n) is 7.86. The lowest BCUT2D eigenvalue weighted by atomic mass is 9.92. The Balaban J connectivity index is 1.49. The van der Waals surface area contributed by atoms with Gasteiger partial charge in [0, 0.05) is 30.6 Å². The van der Waals surface area contributed by atoms with Crippen LogP contribution in [0.15, 0.2) is 42.6 Å². The minimum absolute atomic E-state index is 0.111. The van der Waals surface area contributed by atoms with Gasteiger partial charge >= 0.3 is 0 Å². The fourth-order valence-electron chi connectivity index (χ4n) is 4.11. The van der Waals surface area contributed by atoms with Crippen LogP contribution in [0.25, 0.3) is 10.9 Å². The van der Waals surface area contributed by atoms with Gasteiger partial charge in [-0.2, -0.15) is 5.10 Å². The van der Waals surface area contributed by atoms with Crippen molar-refractivity contribution in [3.63, 3.8) is 0 Å². The topological polar surface area (TPSA) is 77.0 Å². The second-order valence-corrected chi connectivity index (χ2v) is 7.86. The summed E-state index contributed by atoms with van der Waals surface area (Å²) in [6.07, 6.45) is 3.90. The molecule has 2 N–H and O–H groups in total. The lowest BCUT2D eigenvalue weighted by Crippen LogP contribution is -2.43. The van der Waals surface area contributed by atoms with Crippen molar-refractivity contribution in [1.82, 2.24) is 19.7 Å². The molecule has 28 heavy (non-hydrogen) atoms. The fourth-order valence-corrected chi connectivity index (χ4v) is 4.11. The van der Waals surface area contributed by atoms with Gasteiger partial charge in [-0.3, -0.25) is 14.5 Å². The monoisotopic (exact) mass is 377 g/mol. The number of likely N-dealkylation sites (tertiary alicyclic amines) is 1. The van der Waals surface area contributed by atoms with Crippen LogP contribution in [0, 0.1) is 12.8 Å². The van der Waals surface area contributed by atoms with Crippen molar-refractivity contribution in [2.75, 3.05) is 18.8 Å². The van der Waals surface area contributed by atoms with E-state index in [-0.39, 0.29) is 17.7 Å². The van der Waals surface area contributed by atoms with Gasteiger partial charge in [0.25, 0.3) is 0 Å². The number of rotatable bonds is 4. The summed E-state index contributed by atoms with van der Waals surface area (Å²) >= 11 is 0. The van der Waals surface area contributed by atoms with Crippen LogP contribution in [0.5, 0.6) is 0 Å². The molecule has 0 bridgehead atoms. The third-order valence-corrected chi connectivity index (χ3v) is 5.56. The molecule has 0 radical (unpaired) electrons. The summed E-state index contributed by atoms with van der Waals surface area (Å²) in [7, 11) is 0. The summed E-state index contributed by atoms with van der Waals surface area (Å²) in [5.41, 5.74) is 9.89. The first-order chi connectivity index (χ1) is 13.5. The highest BCUT2D eigenvalue weighted by Crippen LogP contribution is 2.31. The number of carbonyl (C=O) groups excluding carboxylic acids is 1. The fraction of sp³-hybridized carbons (Fsp3) is 0.409. The molecule has 1 aliphatic heterocycles. The molecule has 3 heterocycles. The zero-order valence-electron chi connectivity index (χ0n) is 16.5. The third kappa shape index (κ3) is 3.72. The summed E-state index contributed by atoms with van der Waals surface area (Å²) in [6.45, 7) is 6.01. The van der Waals surface area contributed by atoms with Gasteiger partial charge in [0.05, 0.1) is 35.1 Å². The number of aromatic nitrogens is 3. The molecular formula is C22H27N5O. The van der Waals surface area contributed by atoms with Crippen molar-refractivity contribution in [3.8, 4) is 0 Å². The first kappa shape index (κ1) is 18.5. The van der Waals surface area contributed by atoms with Crippen LogP contribution in [0.2, 0.25) is 0 Å². The van der Waals surface area contributed by atoms with E-state index in [0.29, 0.717) is 13.1 Å². The number of nitrogen functional groups attached to an aromatic ring is 1. The molecule has 4 rings (SSSR count). The molecule has 1 aromatic carbocycles. The van der Waals surface area contributed by atoms with Crippen LogP contribution in [0.4, 0.5) is 5.69 Å². The van der Waals surface area contributed by atoms with Crippen molar-refractivity contribution in [3.05, 3.63) is 54.0 Å². The molecule has 1 aliphatic rings. The van der Waals surface area contributed by atoms with Crippen LogP contribution < -0.4 is 5.73 Å². The zero-order valence-corrected chi connectivity index (χ0v) is 16.5. The van der Waals surface area contributed by atoms with Gasteiger partial charge in [0.2, 0.25) is 5.91 Å². The number of piperidine rings is 1. The third-order valence-electron chi connectivity index (χ3n) is 5.56. The quantitative estimate of drug-likeness (QED) is 0.756. The Morgan fingerprint density at radius 3 is 2.93 bits per heavy atom. The number of aryl methyl sites for hydroxylation is 1. The number of nitrogens with two attached hydrogens (primary N) is 1. The Kier molecular flexibility index (Phi) is 5.03. The maximum atomic E-state index is 13.0. The first-order valence-corrected chi connectivity index (χ1v) is 9.95. The molecule has 1 saturated heterocycles. The Labute approximate surface area is 165 Å². The van der Waals surface area contributed by atoms with Crippen molar-refractivity contribution < 1.29 is 4.79 Å². The average molecular weight is 377 g/mol. The number of hydrogen-bond donors (Lipinski definition) is 1. The van der Waals surface area contributed by atoms with E-state index in [2.05, 4.69) is 5.10 Å². The molecule has 2 atom stereocenters. The van der Waals surface area contributed by atoms with Crippen molar-refractivity contribution in [2.45, 2.75) is 39.2 Å². The Bertz CT molecular complexity index is 996. The molecular weight excluding hydrogens is 350 g/mol. The molecule has 0 aliphatic carbocycles. The highest BCUT2D eigenvalue weighted by Gasteiger charge is 2.29. The van der Waals surface area contributed by atoms with E-state index in [4.69, 9.17) is 10.7 Å². The average Bonchev–Trinajstić information content (AvgIpc) is 3.11. The summed E-state index contributed by atoms with van der Waals surface area (Å²) in [6, 6.07) is 12.0. The molecule has 1 fully saturated rings. The lowest BCUT2D eigenvalue weighted by Gasteiger charge is -2.34. The van der Waals surface area contributed by atoms with E-state index >= 15 is 0 Å². The largest absolute Gasteiger partial charge is 0.397 e. The Morgan fingerprint density at radius 2 is 2.14 bits per heavy atom. The van der Waals surface area contributed by atoms with E-state index < -0.39 is 0 Å². The highest BCUT2D eigenvalue weighted by atomic mass is 16.2. The molecule has 0 spiro atoms. The van der Waals surface area contributed by atoms with Crippen LogP contribution >= 0.6 is 0 Å². The number of nitrogens with zero attached hydrogens (tertiary/aromatic N) is 4. The van der Waals surface area contributed by atoms with Gasteiger partial charge in [0.1, 0.15) is 0 Å². The number of para-hydroxylation sites is 1. The molecule has 6 heteroatoms. The number of hydrogen-bond acceptors (Lipinski definition) is 4. The Hall–Kier alpha value is -2.89. The lowest BCUT2D eigenvalue weighted by molar-refractivity contribution is -0.136. The molecule has 0 unspecified atom stereocenters. The van der Waals surface area contributed by atoms with Crippen molar-refractivity contribution in [1.29, 1.82) is 0 Å². The number of amides is 1. The maximum Gasteiger partial charge on any atom is 0.227 e. The van der Waals surface area contributed by atoms with Crippen LogP contribution in [0.3, 0.4) is 0 Å². The van der Waals surface area contributed by atoms with Gasteiger partial charge < -0.3 is 10.6 Å². The SMILES string of the molecule is Cc1ccn(C[C@H](C)C(=O)N2CCC[C@@H](c3nc4ccccc4cc3N)C2)n1. The molecule has 6 nitrogen and oxygen atoms in total. The predicted molar refractivity (Wildman–Crippen MR) is 111 cm³/mol. The minimum Gasteiger partial charge on any atom is -0.397 e. The Morgan fingerprint density at radius 1 is 1.32 bits per heavy atom. The van der Waals surface area contributed by atoms with Crippen LogP contribution in [0.1, 0.15) is 37.1 Å². The van der Waals surface area contributed by atoms with Gasteiger partial charge in [-0.15, -0.1) is 0 Å². The molecule has 2 aromatic heterocycles. The molecule has 1 amide bonds. The maximum absolute atomic E-state index is 13.0. The van der Waals surface area contributed by atoms with E-state index in [0.717, 1.165) is 47.4 Å². The standard InChI is InChI=1S/C22H27N5O/c1-15(13-27-11-9-16(2)25-27)22(28)26-10-5-7-18(14-26)21-19(23)12-17-6-3-4-8-20(17)24-21/h3-4,6,8-9,11-12,15,18H,5,7,10,13-14,23H2,1-2H3/t15-,18+/m0/s1. The molecule has 146 valence electrons. The van der Waals surface area contributed by atoms with Gasteiger partial charge in [-0.25, -0.2) is 0 Å². The first-order valence-electron chi connectivity index (χ1n) is 9.95. The number of anilines is 1. The van der Waals surface area contributed by atoms with Crippen LogP contribution in [-0.4, -0.2) is 38.7 Å². The summed E-state index contributed by atoms with van der Waals surface area (Å²) < 4.78 is 1.85. The van der Waals surface area contributed by atoms with E-state index in [9.17, 15) is 4.79 Å². The van der Waals surface area contributed by atoms with E-state index in [1.54, 1.807) is 0 Å². The second kappa shape index (κ2) is 7.62. The predicted octanol–water partition coefficient (Wildman–Crippen LogP) is 3.36. The van der Waals surface area contributed by atoms with E-state index in [1.807, 2.05) is 66.0 Å². The normalized spacial score (nSPS) is 18.4. The van der Waals surface area contributed by atoms with E-state index in [1.165, 1.54) is 0 Å². The number of benzene rings is 1. The molecule has 0 saturated carbocycles. The molecule has 3 aromatic rings. The van der Waals surface area contributed by atoms with Crippen LogP contribution in [-0.2, 0) is 11.3 Å². The number of carbonyl (C=O) groups is 1. The van der Waals surface area contributed by atoms with Crippen molar-refractivity contribution >= 4 is 22.5 Å². The van der Waals surface area contributed by atoms with Crippen molar-refractivity contribution in [2.24, 2.45) is 5.92 Å². The minimum atomic E-state index is -0.111. The summed E-state index contributed by atoms with van der Waals surface area (Å²) in [5, 5.41) is 5.45. The zero-order chi connectivity index (χ0) is 19.7. The smallest absolute Gasteiger partial charge is 0.227 e. The van der Waals surface area contributed by atoms with Gasteiger partial charge in [-0.05, 0) is 38.0 Å². The van der Waals surface area contributed by atoms with Gasteiger partial charge in [-0.1, -0.05) is 25.1 Å². The summed E-state index contributed by atoms with van der Waals surface area (Å²) in [4.78, 5) is 19.8. The summed E-state index contributed by atoms with van der Waals surface area (Å²) in [5.74, 6) is 0.249. The van der Waals surface area contributed by atoms with Gasteiger partial charge in [0.15, 0.2) is 0 Å². The number of pyridine rings is 1. The highest BCUT2D eigenvalue weighted by molar-refractivity contribution is 5.82. The number of fused-ring (bicyclic) bond motifs is 1.